The van der Waals surface area contributed by atoms with Gasteiger partial charge in [0.2, 0.25) is 0 Å². The highest BCUT2D eigenvalue weighted by Crippen LogP contribution is 2.36. The van der Waals surface area contributed by atoms with Gasteiger partial charge in [-0.3, -0.25) is 9.78 Å². The summed E-state index contributed by atoms with van der Waals surface area (Å²) in [5.41, 5.74) is 6.76. The van der Waals surface area contributed by atoms with E-state index < -0.39 is 0 Å². The maximum absolute atomic E-state index is 12.8. The highest BCUT2D eigenvalue weighted by Gasteiger charge is 2.30. The molecule has 0 aliphatic heterocycles. The van der Waals surface area contributed by atoms with Crippen molar-refractivity contribution in [2.24, 2.45) is 5.92 Å². The average molecular weight is 289 g/mol. The van der Waals surface area contributed by atoms with Crippen LogP contribution in [-0.4, -0.2) is 28.4 Å². The van der Waals surface area contributed by atoms with Crippen LogP contribution in [0.3, 0.4) is 0 Å². The van der Waals surface area contributed by atoms with E-state index in [1.807, 2.05) is 11.0 Å². The van der Waals surface area contributed by atoms with Gasteiger partial charge in [0.15, 0.2) is 0 Å². The van der Waals surface area contributed by atoms with Crippen LogP contribution in [0.5, 0.6) is 0 Å². The Bertz CT molecular complexity index is 646. The second kappa shape index (κ2) is 5.05. The van der Waals surface area contributed by atoms with Crippen LogP contribution >= 0.6 is 11.3 Å². The first-order chi connectivity index (χ1) is 9.58. The van der Waals surface area contributed by atoms with E-state index in [0.717, 1.165) is 16.6 Å². The molecule has 1 amide bonds. The molecule has 1 saturated carbocycles. The van der Waals surface area contributed by atoms with Crippen LogP contribution in [0.1, 0.15) is 36.4 Å². The van der Waals surface area contributed by atoms with E-state index in [2.05, 4.69) is 18.8 Å². The van der Waals surface area contributed by atoms with E-state index >= 15 is 0 Å². The summed E-state index contributed by atoms with van der Waals surface area (Å²) < 4.78 is 0.975. The van der Waals surface area contributed by atoms with Crippen molar-refractivity contribution in [2.75, 3.05) is 12.3 Å². The van der Waals surface area contributed by atoms with E-state index in [4.69, 9.17) is 5.73 Å². The Kier molecular flexibility index (Phi) is 3.38. The van der Waals surface area contributed by atoms with Gasteiger partial charge in [0.25, 0.3) is 5.91 Å². The van der Waals surface area contributed by atoms with Crippen molar-refractivity contribution < 1.29 is 4.79 Å². The molecule has 0 bridgehead atoms. The molecule has 2 aromatic rings. The maximum atomic E-state index is 12.8. The molecule has 106 valence electrons. The fraction of sp³-hybridized carbons (Fsp3) is 0.467. The zero-order valence-corrected chi connectivity index (χ0v) is 12.6. The molecule has 0 aromatic carbocycles. The van der Waals surface area contributed by atoms with Gasteiger partial charge in [-0.05, 0) is 38.7 Å². The van der Waals surface area contributed by atoms with Crippen LogP contribution in [0.4, 0.5) is 5.69 Å². The van der Waals surface area contributed by atoms with Gasteiger partial charge in [-0.25, -0.2) is 0 Å². The van der Waals surface area contributed by atoms with Crippen molar-refractivity contribution in [2.45, 2.75) is 32.7 Å². The summed E-state index contributed by atoms with van der Waals surface area (Å²) in [4.78, 5) is 19.5. The topological polar surface area (TPSA) is 59.2 Å². The lowest BCUT2D eigenvalue weighted by Gasteiger charge is -2.26. The summed E-state index contributed by atoms with van der Waals surface area (Å²) in [7, 11) is 0. The number of anilines is 1. The highest BCUT2D eigenvalue weighted by molar-refractivity contribution is 7.21. The van der Waals surface area contributed by atoms with Gasteiger partial charge in [-0.1, -0.05) is 0 Å². The third kappa shape index (κ3) is 2.38. The quantitative estimate of drug-likeness (QED) is 0.940. The third-order valence-corrected chi connectivity index (χ3v) is 4.91. The summed E-state index contributed by atoms with van der Waals surface area (Å²) in [6, 6.07) is 2.07. The number of thiophene rings is 1. The minimum absolute atomic E-state index is 0.0607. The standard InChI is InChI=1S/C15H19N3OS/c1-9(2)18(8-10-3-4-10)15(19)14-13(16)11-5-6-17-7-12(11)20-14/h5-7,9-10H,3-4,8,16H2,1-2H3. The molecule has 2 aromatic heterocycles. The fourth-order valence-electron chi connectivity index (χ4n) is 2.37. The molecule has 0 spiro atoms. The lowest BCUT2D eigenvalue weighted by molar-refractivity contribution is 0.0702. The molecule has 4 nitrogen and oxygen atoms in total. The first-order valence-corrected chi connectivity index (χ1v) is 7.82. The lowest BCUT2D eigenvalue weighted by Crippen LogP contribution is -2.38. The molecule has 20 heavy (non-hydrogen) atoms. The Morgan fingerprint density at radius 2 is 2.30 bits per heavy atom. The number of rotatable bonds is 4. The predicted octanol–water partition coefficient (Wildman–Crippen LogP) is 3.14. The molecule has 0 atom stereocenters. The molecular weight excluding hydrogens is 270 g/mol. The van der Waals surface area contributed by atoms with Gasteiger partial charge in [-0.2, -0.15) is 0 Å². The molecule has 0 unspecified atom stereocenters. The number of nitrogens with two attached hydrogens (primary N) is 1. The number of nitrogens with zero attached hydrogens (tertiary/aromatic N) is 2. The van der Waals surface area contributed by atoms with Gasteiger partial charge < -0.3 is 10.6 Å². The summed E-state index contributed by atoms with van der Waals surface area (Å²) in [6.45, 7) is 4.97. The van der Waals surface area contributed by atoms with E-state index in [1.165, 1.54) is 24.2 Å². The molecule has 0 saturated heterocycles. The summed E-state index contributed by atoms with van der Waals surface area (Å²) in [5, 5.41) is 0.934. The largest absolute Gasteiger partial charge is 0.397 e. The molecule has 1 aliphatic carbocycles. The second-order valence-electron chi connectivity index (χ2n) is 5.71. The van der Waals surface area contributed by atoms with Crippen molar-refractivity contribution in [3.05, 3.63) is 23.3 Å². The predicted molar refractivity (Wildman–Crippen MR) is 82.9 cm³/mol. The summed E-state index contributed by atoms with van der Waals surface area (Å²) in [5.74, 6) is 0.740. The number of aromatic nitrogens is 1. The molecule has 2 heterocycles. The summed E-state index contributed by atoms with van der Waals surface area (Å²) in [6.07, 6.45) is 5.96. The normalized spacial score (nSPS) is 14.9. The molecule has 1 aliphatic rings. The van der Waals surface area contributed by atoms with Crippen molar-refractivity contribution in [3.8, 4) is 0 Å². The Hall–Kier alpha value is -1.62. The fourth-order valence-corrected chi connectivity index (χ4v) is 3.41. The molecule has 3 rings (SSSR count). The van der Waals surface area contributed by atoms with Crippen LogP contribution in [-0.2, 0) is 0 Å². The molecule has 5 heteroatoms. The van der Waals surface area contributed by atoms with Crippen LogP contribution < -0.4 is 5.73 Å². The van der Waals surface area contributed by atoms with E-state index in [9.17, 15) is 4.79 Å². The number of pyridine rings is 1. The van der Waals surface area contributed by atoms with Gasteiger partial charge in [0.05, 0.1) is 10.4 Å². The lowest BCUT2D eigenvalue weighted by atomic mass is 10.2. The first kappa shape index (κ1) is 13.4. The average Bonchev–Trinajstić information content (AvgIpc) is 3.19. The van der Waals surface area contributed by atoms with Crippen LogP contribution in [0.15, 0.2) is 18.5 Å². The van der Waals surface area contributed by atoms with Crippen LogP contribution in [0, 0.1) is 5.92 Å². The monoisotopic (exact) mass is 289 g/mol. The van der Waals surface area contributed by atoms with E-state index in [1.54, 1.807) is 12.4 Å². The van der Waals surface area contributed by atoms with E-state index in [0.29, 0.717) is 16.5 Å². The third-order valence-electron chi connectivity index (χ3n) is 3.76. The first-order valence-electron chi connectivity index (χ1n) is 7.01. The van der Waals surface area contributed by atoms with Crippen molar-refractivity contribution in [1.82, 2.24) is 9.88 Å². The van der Waals surface area contributed by atoms with Gasteiger partial charge in [0, 0.05) is 30.4 Å². The van der Waals surface area contributed by atoms with Crippen LogP contribution in [0.25, 0.3) is 10.1 Å². The Morgan fingerprint density at radius 1 is 1.55 bits per heavy atom. The Balaban J connectivity index is 1.95. The molecule has 0 radical (unpaired) electrons. The number of nitrogen functional groups attached to an aromatic ring is 1. The summed E-state index contributed by atoms with van der Waals surface area (Å²) >= 11 is 1.45. The number of amides is 1. The number of hydrogen-bond acceptors (Lipinski definition) is 4. The minimum Gasteiger partial charge on any atom is -0.397 e. The Labute approximate surface area is 122 Å². The minimum atomic E-state index is 0.0607. The van der Waals surface area contributed by atoms with Crippen molar-refractivity contribution >= 4 is 33.0 Å². The number of carbonyl (C=O) groups excluding carboxylic acids is 1. The Morgan fingerprint density at radius 3 is 2.90 bits per heavy atom. The molecular formula is C15H19N3OS. The van der Waals surface area contributed by atoms with Gasteiger partial charge in [-0.15, -0.1) is 11.3 Å². The zero-order valence-electron chi connectivity index (χ0n) is 11.8. The van der Waals surface area contributed by atoms with Crippen LogP contribution in [0.2, 0.25) is 0 Å². The van der Waals surface area contributed by atoms with Crippen molar-refractivity contribution in [1.29, 1.82) is 0 Å². The number of hydrogen-bond donors (Lipinski definition) is 1. The zero-order chi connectivity index (χ0) is 14.3. The molecule has 1 fully saturated rings. The highest BCUT2D eigenvalue weighted by atomic mass is 32.1. The van der Waals surface area contributed by atoms with Gasteiger partial charge >= 0.3 is 0 Å². The second-order valence-corrected chi connectivity index (χ2v) is 6.76. The van der Waals surface area contributed by atoms with Crippen molar-refractivity contribution in [3.63, 3.8) is 0 Å². The van der Waals surface area contributed by atoms with Gasteiger partial charge in [0.1, 0.15) is 4.88 Å². The molecule has 2 N–H and O–H groups in total. The maximum Gasteiger partial charge on any atom is 0.266 e. The SMILES string of the molecule is CC(C)N(CC1CC1)C(=O)c1sc2cnccc2c1N. The smallest absolute Gasteiger partial charge is 0.266 e. The van der Waals surface area contributed by atoms with E-state index in [-0.39, 0.29) is 11.9 Å². The number of carbonyl (C=O) groups is 1. The number of fused-ring (bicyclic) bond motifs is 1.